The summed E-state index contributed by atoms with van der Waals surface area (Å²) in [5, 5.41) is 1.84. The molecule has 2 nitrogen and oxygen atoms in total. The maximum Gasteiger partial charge on any atom is 0.0780 e. The number of benzene rings is 2. The molecule has 3 rings (SSSR count). The number of rotatable bonds is 2. The molecular weight excluding hydrogens is 256 g/mol. The fourth-order valence-corrected chi connectivity index (χ4v) is 2.43. The predicted molar refractivity (Wildman–Crippen MR) is 80.1 cm³/mol. The minimum atomic E-state index is 0.435. The second kappa shape index (κ2) is 5.00. The van der Waals surface area contributed by atoms with Crippen molar-refractivity contribution in [1.29, 1.82) is 0 Å². The van der Waals surface area contributed by atoms with Crippen LogP contribution in [0.2, 0.25) is 5.02 Å². The van der Waals surface area contributed by atoms with Gasteiger partial charge >= 0.3 is 0 Å². The van der Waals surface area contributed by atoms with E-state index in [9.17, 15) is 0 Å². The highest BCUT2D eigenvalue weighted by Crippen LogP contribution is 2.29. The van der Waals surface area contributed by atoms with Crippen molar-refractivity contribution in [2.24, 2.45) is 5.73 Å². The maximum absolute atomic E-state index is 6.11. The molecule has 0 fully saturated rings. The minimum Gasteiger partial charge on any atom is -0.326 e. The molecule has 3 aromatic rings. The Hall–Kier alpha value is -1.90. The third kappa shape index (κ3) is 2.21. The second-order valence-corrected chi connectivity index (χ2v) is 4.80. The number of para-hydroxylation sites is 1. The van der Waals surface area contributed by atoms with Crippen LogP contribution in [0.4, 0.5) is 0 Å². The number of nitrogens with two attached hydrogens (primary N) is 1. The van der Waals surface area contributed by atoms with Crippen LogP contribution in [0.1, 0.15) is 5.56 Å². The largest absolute Gasteiger partial charge is 0.326 e. The summed E-state index contributed by atoms with van der Waals surface area (Å²) in [6.07, 6.45) is 1.81. The van der Waals surface area contributed by atoms with Gasteiger partial charge in [0.1, 0.15) is 0 Å². The summed E-state index contributed by atoms with van der Waals surface area (Å²) in [6.45, 7) is 0.435. The molecule has 2 aromatic carbocycles. The van der Waals surface area contributed by atoms with Crippen LogP contribution in [0.5, 0.6) is 0 Å². The van der Waals surface area contributed by atoms with E-state index in [1.165, 1.54) is 0 Å². The lowest BCUT2D eigenvalue weighted by Gasteiger charge is -2.08. The first kappa shape index (κ1) is 12.2. The highest BCUT2D eigenvalue weighted by atomic mass is 35.5. The van der Waals surface area contributed by atoms with E-state index in [4.69, 9.17) is 17.3 Å². The minimum absolute atomic E-state index is 0.435. The van der Waals surface area contributed by atoms with Crippen molar-refractivity contribution in [1.82, 2.24) is 4.98 Å². The van der Waals surface area contributed by atoms with Gasteiger partial charge in [0.15, 0.2) is 0 Å². The van der Waals surface area contributed by atoms with Gasteiger partial charge in [-0.2, -0.15) is 0 Å². The zero-order valence-electron chi connectivity index (χ0n) is 10.3. The Bertz CT molecular complexity index is 732. The van der Waals surface area contributed by atoms with Crippen molar-refractivity contribution >= 4 is 22.5 Å². The van der Waals surface area contributed by atoms with E-state index in [2.05, 4.69) is 23.2 Å². The van der Waals surface area contributed by atoms with Crippen molar-refractivity contribution in [2.45, 2.75) is 6.54 Å². The number of hydrogen-bond acceptors (Lipinski definition) is 2. The van der Waals surface area contributed by atoms with Crippen LogP contribution in [0, 0.1) is 0 Å². The van der Waals surface area contributed by atoms with Crippen LogP contribution in [-0.4, -0.2) is 4.98 Å². The van der Waals surface area contributed by atoms with E-state index in [1.54, 1.807) is 0 Å². The quantitative estimate of drug-likeness (QED) is 0.763. The molecule has 0 spiro atoms. The van der Waals surface area contributed by atoms with E-state index in [1.807, 2.05) is 36.5 Å². The number of aromatic nitrogens is 1. The van der Waals surface area contributed by atoms with Crippen molar-refractivity contribution in [3.63, 3.8) is 0 Å². The Morgan fingerprint density at radius 2 is 1.89 bits per heavy atom. The van der Waals surface area contributed by atoms with Gasteiger partial charge in [-0.1, -0.05) is 41.9 Å². The fourth-order valence-electron chi connectivity index (χ4n) is 2.24. The van der Waals surface area contributed by atoms with E-state index >= 15 is 0 Å². The first-order valence-corrected chi connectivity index (χ1v) is 6.50. The highest BCUT2D eigenvalue weighted by Gasteiger charge is 2.06. The molecule has 0 radical (unpaired) electrons. The molecule has 94 valence electrons. The van der Waals surface area contributed by atoms with Crippen molar-refractivity contribution in [3.8, 4) is 11.1 Å². The number of pyridine rings is 1. The number of fused-ring (bicyclic) bond motifs is 1. The summed E-state index contributed by atoms with van der Waals surface area (Å²) >= 11 is 6.11. The summed E-state index contributed by atoms with van der Waals surface area (Å²) in [6, 6.07) is 16.1. The molecule has 0 bridgehead atoms. The molecule has 0 aliphatic carbocycles. The predicted octanol–water partition coefficient (Wildman–Crippen LogP) is 4.01. The zero-order chi connectivity index (χ0) is 13.2. The van der Waals surface area contributed by atoms with Gasteiger partial charge in [0, 0.05) is 28.7 Å². The van der Waals surface area contributed by atoms with Gasteiger partial charge in [-0.3, -0.25) is 4.98 Å². The molecular formula is C16H13ClN2. The normalized spacial score (nSPS) is 10.8. The molecule has 3 heteroatoms. The summed E-state index contributed by atoms with van der Waals surface area (Å²) in [5.41, 5.74) is 9.85. The Labute approximate surface area is 116 Å². The summed E-state index contributed by atoms with van der Waals surface area (Å²) < 4.78 is 0. The Kier molecular flexibility index (Phi) is 3.20. The van der Waals surface area contributed by atoms with Gasteiger partial charge in [0.25, 0.3) is 0 Å². The molecule has 0 atom stereocenters. The average molecular weight is 269 g/mol. The Balaban J connectivity index is 2.24. The molecule has 0 unspecified atom stereocenters. The van der Waals surface area contributed by atoms with Gasteiger partial charge in [-0.25, -0.2) is 0 Å². The summed E-state index contributed by atoms with van der Waals surface area (Å²) in [4.78, 5) is 4.47. The van der Waals surface area contributed by atoms with Crippen molar-refractivity contribution in [2.75, 3.05) is 0 Å². The van der Waals surface area contributed by atoms with Crippen LogP contribution in [0.15, 0.2) is 54.7 Å². The monoisotopic (exact) mass is 268 g/mol. The average Bonchev–Trinajstić information content (AvgIpc) is 2.47. The van der Waals surface area contributed by atoms with E-state index in [-0.39, 0.29) is 0 Å². The molecule has 19 heavy (non-hydrogen) atoms. The van der Waals surface area contributed by atoms with Crippen LogP contribution < -0.4 is 5.73 Å². The smallest absolute Gasteiger partial charge is 0.0780 e. The molecule has 0 amide bonds. The standard InChI is InChI=1S/C16H13ClN2/c17-15-7-6-12(9-13(15)10-18)14-5-1-3-11-4-2-8-19-16(11)14/h1-9H,10,18H2. The molecule has 1 heterocycles. The lowest BCUT2D eigenvalue weighted by molar-refractivity contribution is 1.07. The van der Waals surface area contributed by atoms with E-state index in [0.717, 1.165) is 27.6 Å². The summed E-state index contributed by atoms with van der Waals surface area (Å²) in [5.74, 6) is 0. The van der Waals surface area contributed by atoms with E-state index in [0.29, 0.717) is 11.6 Å². The zero-order valence-corrected chi connectivity index (χ0v) is 11.1. The van der Waals surface area contributed by atoms with Gasteiger partial charge in [0.05, 0.1) is 5.52 Å². The van der Waals surface area contributed by atoms with Crippen molar-refractivity contribution < 1.29 is 0 Å². The molecule has 0 aliphatic heterocycles. The number of hydrogen-bond donors (Lipinski definition) is 1. The topological polar surface area (TPSA) is 38.9 Å². The lowest BCUT2D eigenvalue weighted by atomic mass is 10.00. The summed E-state index contributed by atoms with van der Waals surface area (Å²) in [7, 11) is 0. The lowest BCUT2D eigenvalue weighted by Crippen LogP contribution is -1.97. The van der Waals surface area contributed by atoms with E-state index < -0.39 is 0 Å². The maximum atomic E-state index is 6.11. The Morgan fingerprint density at radius 1 is 1.05 bits per heavy atom. The van der Waals surface area contributed by atoms with Crippen LogP contribution in [0.25, 0.3) is 22.0 Å². The first-order chi connectivity index (χ1) is 9.29. The van der Waals surface area contributed by atoms with Crippen LogP contribution >= 0.6 is 11.6 Å². The second-order valence-electron chi connectivity index (χ2n) is 4.39. The van der Waals surface area contributed by atoms with Gasteiger partial charge in [-0.15, -0.1) is 0 Å². The fraction of sp³-hybridized carbons (Fsp3) is 0.0625. The molecule has 0 saturated heterocycles. The SMILES string of the molecule is NCc1cc(-c2cccc3cccnc23)ccc1Cl. The Morgan fingerprint density at radius 3 is 2.74 bits per heavy atom. The number of halogens is 1. The van der Waals surface area contributed by atoms with Crippen molar-refractivity contribution in [3.05, 3.63) is 65.3 Å². The first-order valence-electron chi connectivity index (χ1n) is 6.12. The van der Waals surface area contributed by atoms with Gasteiger partial charge < -0.3 is 5.73 Å². The van der Waals surface area contributed by atoms with Gasteiger partial charge in [0.2, 0.25) is 0 Å². The molecule has 1 aromatic heterocycles. The van der Waals surface area contributed by atoms with Gasteiger partial charge in [-0.05, 0) is 29.3 Å². The molecule has 0 aliphatic rings. The van der Waals surface area contributed by atoms with Crippen LogP contribution in [0.3, 0.4) is 0 Å². The third-order valence-electron chi connectivity index (χ3n) is 3.21. The van der Waals surface area contributed by atoms with Crippen LogP contribution in [-0.2, 0) is 6.54 Å². The third-order valence-corrected chi connectivity index (χ3v) is 3.58. The molecule has 2 N–H and O–H groups in total. The highest BCUT2D eigenvalue weighted by molar-refractivity contribution is 6.31. The number of nitrogens with zero attached hydrogens (tertiary/aromatic N) is 1. The molecule has 0 saturated carbocycles.